The van der Waals surface area contributed by atoms with Crippen LogP contribution in [-0.2, 0) is 0 Å². The molecule has 1 aromatic heterocycles. The Kier molecular flexibility index (Phi) is 5.18. The Bertz CT molecular complexity index is 773. The topological polar surface area (TPSA) is 68.5 Å². The van der Waals surface area contributed by atoms with Crippen molar-refractivity contribution in [3.63, 3.8) is 0 Å². The fourth-order valence-electron chi connectivity index (χ4n) is 3.25. The van der Waals surface area contributed by atoms with E-state index in [1.54, 1.807) is 31.4 Å². The molecule has 0 unspecified atom stereocenters. The molecular weight excluding hydrogens is 306 g/mol. The molecule has 2 aromatic rings. The zero-order valence-electron chi connectivity index (χ0n) is 14.0. The summed E-state index contributed by atoms with van der Waals surface area (Å²) in [6, 6.07) is 6.87. The second-order valence-electron chi connectivity index (χ2n) is 6.37. The highest BCUT2D eigenvalue weighted by Crippen LogP contribution is 2.21. The average Bonchev–Trinajstić information content (AvgIpc) is 2.56. The van der Waals surface area contributed by atoms with E-state index in [4.69, 9.17) is 9.15 Å². The van der Waals surface area contributed by atoms with Crippen molar-refractivity contribution in [2.75, 3.05) is 7.11 Å². The van der Waals surface area contributed by atoms with E-state index in [1.165, 1.54) is 19.3 Å². The Morgan fingerprint density at radius 1 is 1.12 bits per heavy atom. The molecule has 1 saturated carbocycles. The number of amides is 1. The minimum atomic E-state index is -0.601. The van der Waals surface area contributed by atoms with E-state index in [0.717, 1.165) is 25.7 Å². The number of nitrogens with one attached hydrogen (secondary N) is 1. The number of benzene rings is 1. The van der Waals surface area contributed by atoms with Crippen molar-refractivity contribution in [1.82, 2.24) is 5.32 Å². The number of methoxy groups -OCH3 is 1. The molecule has 5 heteroatoms. The van der Waals surface area contributed by atoms with Crippen LogP contribution in [0.4, 0.5) is 0 Å². The SMILES string of the molecule is COc1ccc2oc(=O)c(C(=O)NC3CCCCCCC3)cc2c1. The van der Waals surface area contributed by atoms with Crippen molar-refractivity contribution >= 4 is 16.9 Å². The van der Waals surface area contributed by atoms with Crippen molar-refractivity contribution in [1.29, 1.82) is 0 Å². The van der Waals surface area contributed by atoms with E-state index in [2.05, 4.69) is 5.32 Å². The Morgan fingerprint density at radius 2 is 1.83 bits per heavy atom. The van der Waals surface area contributed by atoms with Crippen LogP contribution >= 0.6 is 0 Å². The van der Waals surface area contributed by atoms with E-state index in [0.29, 0.717) is 16.7 Å². The van der Waals surface area contributed by atoms with E-state index in [9.17, 15) is 9.59 Å². The molecule has 0 radical (unpaired) electrons. The van der Waals surface area contributed by atoms with Crippen molar-refractivity contribution in [3.8, 4) is 5.75 Å². The molecule has 24 heavy (non-hydrogen) atoms. The van der Waals surface area contributed by atoms with Crippen LogP contribution in [0.2, 0.25) is 0 Å². The summed E-state index contributed by atoms with van der Waals surface area (Å²) in [6.07, 6.45) is 7.88. The van der Waals surface area contributed by atoms with E-state index in [1.807, 2.05) is 0 Å². The lowest BCUT2D eigenvalue weighted by Crippen LogP contribution is -2.37. The molecule has 1 fully saturated rings. The predicted molar refractivity (Wildman–Crippen MR) is 92.6 cm³/mol. The van der Waals surface area contributed by atoms with Crippen LogP contribution < -0.4 is 15.7 Å². The maximum Gasteiger partial charge on any atom is 0.349 e. The number of ether oxygens (including phenoxy) is 1. The Morgan fingerprint density at radius 3 is 2.54 bits per heavy atom. The maximum atomic E-state index is 12.5. The highest BCUT2D eigenvalue weighted by Gasteiger charge is 2.19. The quantitative estimate of drug-likeness (QED) is 0.873. The van der Waals surface area contributed by atoms with E-state index < -0.39 is 5.63 Å². The number of hydrogen-bond donors (Lipinski definition) is 1. The molecule has 1 aliphatic rings. The van der Waals surface area contributed by atoms with Gasteiger partial charge < -0.3 is 14.5 Å². The number of hydrogen-bond acceptors (Lipinski definition) is 4. The van der Waals surface area contributed by atoms with Crippen LogP contribution in [0.15, 0.2) is 33.5 Å². The largest absolute Gasteiger partial charge is 0.497 e. The van der Waals surface area contributed by atoms with Gasteiger partial charge in [-0.25, -0.2) is 4.79 Å². The molecule has 0 saturated heterocycles. The zero-order chi connectivity index (χ0) is 16.9. The van der Waals surface area contributed by atoms with Gasteiger partial charge in [-0.2, -0.15) is 0 Å². The first-order chi connectivity index (χ1) is 11.7. The van der Waals surface area contributed by atoms with Crippen molar-refractivity contribution in [2.24, 2.45) is 0 Å². The number of carbonyl (C=O) groups excluding carboxylic acids is 1. The summed E-state index contributed by atoms with van der Waals surface area (Å²) in [6.45, 7) is 0. The monoisotopic (exact) mass is 329 g/mol. The summed E-state index contributed by atoms with van der Waals surface area (Å²) in [7, 11) is 1.57. The molecule has 0 atom stereocenters. The molecule has 1 heterocycles. The lowest BCUT2D eigenvalue weighted by Gasteiger charge is -2.20. The van der Waals surface area contributed by atoms with Gasteiger partial charge in [0, 0.05) is 11.4 Å². The Hall–Kier alpha value is -2.30. The van der Waals surface area contributed by atoms with Gasteiger partial charge in [-0.3, -0.25) is 4.79 Å². The maximum absolute atomic E-state index is 12.5. The van der Waals surface area contributed by atoms with E-state index in [-0.39, 0.29) is 17.5 Å². The molecule has 128 valence electrons. The highest BCUT2D eigenvalue weighted by atomic mass is 16.5. The average molecular weight is 329 g/mol. The number of fused-ring (bicyclic) bond motifs is 1. The van der Waals surface area contributed by atoms with Gasteiger partial charge in [-0.1, -0.05) is 32.1 Å². The van der Waals surface area contributed by atoms with Crippen molar-refractivity contribution in [3.05, 3.63) is 40.2 Å². The molecule has 0 aliphatic heterocycles. The van der Waals surface area contributed by atoms with Crippen LogP contribution in [0.5, 0.6) is 5.75 Å². The molecule has 0 bridgehead atoms. The predicted octanol–water partition coefficient (Wildman–Crippen LogP) is 3.64. The zero-order valence-corrected chi connectivity index (χ0v) is 14.0. The molecule has 1 amide bonds. The van der Waals surface area contributed by atoms with Crippen LogP contribution in [0, 0.1) is 0 Å². The second kappa shape index (κ2) is 7.51. The van der Waals surface area contributed by atoms with E-state index >= 15 is 0 Å². The molecule has 3 rings (SSSR count). The summed E-state index contributed by atoms with van der Waals surface area (Å²) in [5, 5.41) is 3.68. The second-order valence-corrected chi connectivity index (χ2v) is 6.37. The standard InChI is InChI=1S/C19H23NO4/c1-23-15-9-10-17-13(11-15)12-16(19(22)24-17)18(21)20-14-7-5-3-2-4-6-8-14/h9-12,14H,2-8H2,1H3,(H,20,21). The summed E-state index contributed by atoms with van der Waals surface area (Å²) in [5.41, 5.74) is -0.0999. The van der Waals surface area contributed by atoms with Gasteiger partial charge in [0.25, 0.3) is 5.91 Å². The van der Waals surface area contributed by atoms with Gasteiger partial charge in [-0.05, 0) is 37.1 Å². The molecular formula is C19H23NO4. The molecule has 5 nitrogen and oxygen atoms in total. The van der Waals surface area contributed by atoms with Gasteiger partial charge in [0.15, 0.2) is 0 Å². The highest BCUT2D eigenvalue weighted by molar-refractivity contribution is 5.96. The third kappa shape index (κ3) is 3.78. The van der Waals surface area contributed by atoms with Crippen molar-refractivity contribution < 1.29 is 13.9 Å². The first-order valence-corrected chi connectivity index (χ1v) is 8.60. The summed E-state index contributed by atoms with van der Waals surface area (Å²) >= 11 is 0. The Labute approximate surface area is 141 Å². The lowest BCUT2D eigenvalue weighted by molar-refractivity contribution is 0.0927. The first-order valence-electron chi connectivity index (χ1n) is 8.60. The van der Waals surface area contributed by atoms with Gasteiger partial charge in [-0.15, -0.1) is 0 Å². The number of carbonyl (C=O) groups is 1. The van der Waals surface area contributed by atoms with Crippen LogP contribution in [-0.4, -0.2) is 19.1 Å². The van der Waals surface area contributed by atoms with Crippen molar-refractivity contribution in [2.45, 2.75) is 51.0 Å². The van der Waals surface area contributed by atoms with Crippen LogP contribution in [0.25, 0.3) is 11.0 Å². The molecule has 1 N–H and O–H groups in total. The minimum absolute atomic E-state index is 0.0535. The summed E-state index contributed by atoms with van der Waals surface area (Å²) < 4.78 is 10.5. The fourth-order valence-corrected chi connectivity index (χ4v) is 3.25. The summed E-state index contributed by atoms with van der Waals surface area (Å²) in [5.74, 6) is 0.307. The fraction of sp³-hybridized carbons (Fsp3) is 0.474. The third-order valence-corrected chi connectivity index (χ3v) is 4.62. The normalized spacial score (nSPS) is 16.4. The van der Waals surface area contributed by atoms with Crippen LogP contribution in [0.1, 0.15) is 55.3 Å². The minimum Gasteiger partial charge on any atom is -0.497 e. The van der Waals surface area contributed by atoms with Gasteiger partial charge in [0.05, 0.1) is 7.11 Å². The molecule has 1 aliphatic carbocycles. The molecule has 1 aromatic carbocycles. The third-order valence-electron chi connectivity index (χ3n) is 4.62. The molecule has 0 spiro atoms. The smallest absolute Gasteiger partial charge is 0.349 e. The van der Waals surface area contributed by atoms with Gasteiger partial charge in [0.2, 0.25) is 0 Å². The lowest BCUT2D eigenvalue weighted by atomic mass is 9.96. The number of rotatable bonds is 3. The van der Waals surface area contributed by atoms with Crippen LogP contribution in [0.3, 0.4) is 0 Å². The first kappa shape index (κ1) is 16.6. The van der Waals surface area contributed by atoms with Gasteiger partial charge >= 0.3 is 5.63 Å². The van der Waals surface area contributed by atoms with Gasteiger partial charge in [0.1, 0.15) is 16.9 Å². The Balaban J connectivity index is 1.82. The summed E-state index contributed by atoms with van der Waals surface area (Å²) in [4.78, 5) is 24.7.